The van der Waals surface area contributed by atoms with Crippen molar-refractivity contribution in [2.24, 2.45) is 0 Å². The fourth-order valence-corrected chi connectivity index (χ4v) is 1.92. The van der Waals surface area contributed by atoms with Crippen molar-refractivity contribution in [1.29, 1.82) is 0 Å². The molecule has 0 aromatic carbocycles. The van der Waals surface area contributed by atoms with Gasteiger partial charge in [-0.05, 0) is 13.0 Å². The molecule has 1 aromatic heterocycles. The van der Waals surface area contributed by atoms with Gasteiger partial charge in [-0.15, -0.1) is 0 Å². The summed E-state index contributed by atoms with van der Waals surface area (Å²) in [6.07, 6.45) is 1.16. The van der Waals surface area contributed by atoms with E-state index in [1.54, 1.807) is 11.8 Å². The Bertz CT molecular complexity index is 485. The number of carbonyl (C=O) groups is 1. The first-order valence-electron chi connectivity index (χ1n) is 6.31. The van der Waals surface area contributed by atoms with Gasteiger partial charge >= 0.3 is 0 Å². The molecule has 2 heterocycles. The Labute approximate surface area is 115 Å². The molecule has 0 spiro atoms. The summed E-state index contributed by atoms with van der Waals surface area (Å²) in [5.74, 6) is 0.401. The molecule has 8 nitrogen and oxygen atoms in total. The molecular weight excluding hydrogens is 264 g/mol. The Morgan fingerprint density at radius 3 is 2.75 bits per heavy atom. The van der Waals surface area contributed by atoms with Crippen LogP contribution in [0.15, 0.2) is 18.3 Å². The number of ether oxygens (including phenoxy) is 1. The standard InChI is InChI=1S/C12H16N4O4/c1-9(12(17)15-4-6-20-7-5-15)14-11-3-2-10(8-13-11)16(18)19/h2-3,8-9H,4-7H2,1H3,(H,13,14). The summed E-state index contributed by atoms with van der Waals surface area (Å²) in [5.41, 5.74) is -0.0808. The second-order valence-electron chi connectivity index (χ2n) is 4.46. The topological polar surface area (TPSA) is 97.6 Å². The zero-order valence-electron chi connectivity index (χ0n) is 11.1. The van der Waals surface area contributed by atoms with Crippen LogP contribution in [0.3, 0.4) is 0 Å². The fourth-order valence-electron chi connectivity index (χ4n) is 1.92. The third kappa shape index (κ3) is 3.41. The summed E-state index contributed by atoms with van der Waals surface area (Å²) in [5, 5.41) is 13.5. The van der Waals surface area contributed by atoms with Crippen LogP contribution in [0, 0.1) is 10.1 Å². The lowest BCUT2D eigenvalue weighted by Gasteiger charge is -2.29. The van der Waals surface area contributed by atoms with Crippen molar-refractivity contribution in [1.82, 2.24) is 9.88 Å². The minimum Gasteiger partial charge on any atom is -0.378 e. The molecule has 1 amide bonds. The molecule has 8 heteroatoms. The number of amides is 1. The van der Waals surface area contributed by atoms with E-state index in [0.717, 1.165) is 6.20 Å². The van der Waals surface area contributed by atoms with Crippen LogP contribution in [0.1, 0.15) is 6.92 Å². The van der Waals surface area contributed by atoms with E-state index in [9.17, 15) is 14.9 Å². The maximum atomic E-state index is 12.1. The van der Waals surface area contributed by atoms with Crippen LogP contribution in [0.2, 0.25) is 0 Å². The van der Waals surface area contributed by atoms with E-state index in [2.05, 4.69) is 10.3 Å². The van der Waals surface area contributed by atoms with Gasteiger partial charge in [-0.25, -0.2) is 4.98 Å². The van der Waals surface area contributed by atoms with Gasteiger partial charge in [0.25, 0.3) is 5.69 Å². The second-order valence-corrected chi connectivity index (χ2v) is 4.46. The third-order valence-corrected chi connectivity index (χ3v) is 3.02. The maximum Gasteiger partial charge on any atom is 0.287 e. The molecule has 20 heavy (non-hydrogen) atoms. The molecule has 108 valence electrons. The van der Waals surface area contributed by atoms with E-state index < -0.39 is 11.0 Å². The van der Waals surface area contributed by atoms with Gasteiger partial charge in [0.05, 0.1) is 18.1 Å². The number of pyridine rings is 1. The first-order valence-corrected chi connectivity index (χ1v) is 6.31. The van der Waals surface area contributed by atoms with Crippen molar-refractivity contribution in [2.75, 3.05) is 31.6 Å². The van der Waals surface area contributed by atoms with E-state index in [4.69, 9.17) is 4.74 Å². The Hall–Kier alpha value is -2.22. The van der Waals surface area contributed by atoms with Crippen LogP contribution in [-0.2, 0) is 9.53 Å². The Morgan fingerprint density at radius 1 is 1.50 bits per heavy atom. The quantitative estimate of drug-likeness (QED) is 0.642. The normalized spacial score (nSPS) is 16.6. The van der Waals surface area contributed by atoms with Crippen molar-refractivity contribution in [3.05, 3.63) is 28.4 Å². The number of rotatable bonds is 4. The molecule has 0 aliphatic carbocycles. The van der Waals surface area contributed by atoms with Gasteiger partial charge in [-0.1, -0.05) is 0 Å². The van der Waals surface area contributed by atoms with Gasteiger partial charge in [0.2, 0.25) is 5.91 Å². The fraction of sp³-hybridized carbons (Fsp3) is 0.500. The number of hydrogen-bond donors (Lipinski definition) is 1. The Morgan fingerprint density at radius 2 is 2.20 bits per heavy atom. The van der Waals surface area contributed by atoms with Crippen molar-refractivity contribution in [3.8, 4) is 0 Å². The van der Waals surface area contributed by atoms with Crippen LogP contribution >= 0.6 is 0 Å². The summed E-state index contributed by atoms with van der Waals surface area (Å²) in [4.78, 5) is 27.8. The average Bonchev–Trinajstić information content (AvgIpc) is 2.48. The highest BCUT2D eigenvalue weighted by Crippen LogP contribution is 2.13. The molecule has 0 radical (unpaired) electrons. The van der Waals surface area contributed by atoms with Crippen LogP contribution in [0.4, 0.5) is 11.5 Å². The molecule has 0 bridgehead atoms. The first-order chi connectivity index (χ1) is 9.58. The molecule has 1 atom stereocenters. The van der Waals surface area contributed by atoms with E-state index >= 15 is 0 Å². The molecule has 1 fully saturated rings. The van der Waals surface area contributed by atoms with Gasteiger partial charge < -0.3 is 15.0 Å². The minimum atomic E-state index is -0.515. The molecule has 1 saturated heterocycles. The largest absolute Gasteiger partial charge is 0.378 e. The number of nitrogens with one attached hydrogen (secondary N) is 1. The van der Waals surface area contributed by atoms with Crippen LogP contribution in [0.25, 0.3) is 0 Å². The molecule has 1 aliphatic rings. The van der Waals surface area contributed by atoms with E-state index in [0.29, 0.717) is 32.1 Å². The number of anilines is 1. The summed E-state index contributed by atoms with van der Waals surface area (Å²) in [6.45, 7) is 4.00. The monoisotopic (exact) mass is 280 g/mol. The van der Waals surface area contributed by atoms with Gasteiger partial charge in [-0.3, -0.25) is 14.9 Å². The number of nitro groups is 1. The number of morpholine rings is 1. The predicted octanol–water partition coefficient (Wildman–Crippen LogP) is 0.649. The lowest BCUT2D eigenvalue weighted by Crippen LogP contribution is -2.47. The first kappa shape index (κ1) is 14.2. The van der Waals surface area contributed by atoms with E-state index in [1.807, 2.05) is 0 Å². The number of carbonyl (C=O) groups excluding carboxylic acids is 1. The molecule has 1 aliphatic heterocycles. The third-order valence-electron chi connectivity index (χ3n) is 3.02. The molecule has 0 saturated carbocycles. The Balaban J connectivity index is 1.94. The van der Waals surface area contributed by atoms with Crippen molar-refractivity contribution in [2.45, 2.75) is 13.0 Å². The minimum absolute atomic E-state index is 0.0338. The molecule has 1 unspecified atom stereocenters. The van der Waals surface area contributed by atoms with E-state index in [-0.39, 0.29) is 11.6 Å². The highest BCUT2D eigenvalue weighted by Gasteiger charge is 2.22. The second kappa shape index (κ2) is 6.29. The van der Waals surface area contributed by atoms with Crippen LogP contribution < -0.4 is 5.32 Å². The highest BCUT2D eigenvalue weighted by atomic mass is 16.6. The van der Waals surface area contributed by atoms with E-state index in [1.165, 1.54) is 12.1 Å². The van der Waals surface area contributed by atoms with Gasteiger partial charge in [0.1, 0.15) is 18.1 Å². The molecule has 2 rings (SSSR count). The van der Waals surface area contributed by atoms with Gasteiger partial charge in [-0.2, -0.15) is 0 Å². The molecule has 1 aromatic rings. The van der Waals surface area contributed by atoms with Crippen molar-refractivity contribution >= 4 is 17.4 Å². The zero-order chi connectivity index (χ0) is 14.5. The van der Waals surface area contributed by atoms with Crippen LogP contribution in [-0.4, -0.2) is 53.1 Å². The molecule has 1 N–H and O–H groups in total. The maximum absolute atomic E-state index is 12.1. The average molecular weight is 280 g/mol. The van der Waals surface area contributed by atoms with Gasteiger partial charge in [0, 0.05) is 19.2 Å². The number of hydrogen-bond acceptors (Lipinski definition) is 6. The smallest absolute Gasteiger partial charge is 0.287 e. The summed E-state index contributed by atoms with van der Waals surface area (Å²) >= 11 is 0. The summed E-state index contributed by atoms with van der Waals surface area (Å²) in [7, 11) is 0. The number of aromatic nitrogens is 1. The van der Waals surface area contributed by atoms with Crippen molar-refractivity contribution in [3.63, 3.8) is 0 Å². The highest BCUT2D eigenvalue weighted by molar-refractivity contribution is 5.84. The van der Waals surface area contributed by atoms with Crippen LogP contribution in [0.5, 0.6) is 0 Å². The summed E-state index contributed by atoms with van der Waals surface area (Å²) < 4.78 is 5.19. The predicted molar refractivity (Wildman–Crippen MR) is 71.4 cm³/mol. The van der Waals surface area contributed by atoms with Gasteiger partial charge in [0.15, 0.2) is 0 Å². The molecular formula is C12H16N4O4. The van der Waals surface area contributed by atoms with Crippen molar-refractivity contribution < 1.29 is 14.5 Å². The Kier molecular flexibility index (Phi) is 4.46. The number of nitrogens with zero attached hydrogens (tertiary/aromatic N) is 3. The lowest BCUT2D eigenvalue weighted by atomic mass is 10.2. The SMILES string of the molecule is CC(Nc1ccc([N+](=O)[O-])cn1)C(=O)N1CCOCC1. The lowest BCUT2D eigenvalue weighted by molar-refractivity contribution is -0.385. The summed E-state index contributed by atoms with van der Waals surface area (Å²) in [6, 6.07) is 2.39. The zero-order valence-corrected chi connectivity index (χ0v) is 11.1.